The van der Waals surface area contributed by atoms with Crippen molar-refractivity contribution in [2.24, 2.45) is 5.92 Å². The van der Waals surface area contributed by atoms with Gasteiger partial charge in [-0.1, -0.05) is 12.1 Å². The fourth-order valence-corrected chi connectivity index (χ4v) is 4.89. The van der Waals surface area contributed by atoms with Crippen molar-refractivity contribution in [2.75, 3.05) is 26.3 Å². The molecule has 2 saturated heterocycles. The molecular formula is C26H30N4O3. The molecule has 2 aromatic heterocycles. The third kappa shape index (κ3) is 4.93. The van der Waals surface area contributed by atoms with E-state index in [1.165, 1.54) is 5.56 Å². The zero-order valence-electron chi connectivity index (χ0n) is 18.8. The highest BCUT2D eigenvalue weighted by Crippen LogP contribution is 2.30. The quantitative estimate of drug-likeness (QED) is 0.652. The number of likely N-dealkylation sites (tertiary alicyclic amines) is 1. The summed E-state index contributed by atoms with van der Waals surface area (Å²) in [6.07, 6.45) is 9.23. The molecule has 2 amide bonds. The third-order valence-electron chi connectivity index (χ3n) is 6.94. The van der Waals surface area contributed by atoms with Crippen LogP contribution >= 0.6 is 0 Å². The van der Waals surface area contributed by atoms with E-state index in [0.29, 0.717) is 37.1 Å². The first-order valence-electron chi connectivity index (χ1n) is 11.8. The highest BCUT2D eigenvalue weighted by molar-refractivity contribution is 5.94. The molecule has 0 unspecified atom stereocenters. The minimum Gasteiger partial charge on any atom is -0.381 e. The topological polar surface area (TPSA) is 75.9 Å². The van der Waals surface area contributed by atoms with Crippen LogP contribution in [0, 0.1) is 5.92 Å². The van der Waals surface area contributed by atoms with Gasteiger partial charge in [-0.05, 0) is 67.0 Å². The molecule has 3 aromatic rings. The molecule has 0 spiro atoms. The van der Waals surface area contributed by atoms with Crippen LogP contribution in [0.1, 0.15) is 53.1 Å². The Morgan fingerprint density at radius 2 is 1.76 bits per heavy atom. The van der Waals surface area contributed by atoms with Crippen molar-refractivity contribution in [3.8, 4) is 0 Å². The Labute approximate surface area is 193 Å². The predicted octanol–water partition coefficient (Wildman–Crippen LogP) is 3.40. The zero-order valence-corrected chi connectivity index (χ0v) is 18.8. The molecule has 172 valence electrons. The van der Waals surface area contributed by atoms with E-state index in [9.17, 15) is 9.59 Å². The number of carbonyl (C=O) groups is 2. The number of ether oxygens (including phenoxy) is 1. The maximum Gasteiger partial charge on any atom is 0.251 e. The molecule has 0 saturated carbocycles. The van der Waals surface area contributed by atoms with Gasteiger partial charge in [-0.25, -0.2) is 4.98 Å². The van der Waals surface area contributed by atoms with E-state index < -0.39 is 0 Å². The number of rotatable bonds is 5. The molecule has 7 heteroatoms. The lowest BCUT2D eigenvalue weighted by atomic mass is 9.88. The van der Waals surface area contributed by atoms with Crippen molar-refractivity contribution in [3.63, 3.8) is 0 Å². The fraction of sp³-hybridized carbons (Fsp3) is 0.423. The van der Waals surface area contributed by atoms with Crippen LogP contribution in [0.15, 0.2) is 55.0 Å². The number of piperidine rings is 1. The normalized spacial score (nSPS) is 17.9. The molecular weight excluding hydrogens is 416 g/mol. The van der Waals surface area contributed by atoms with Crippen molar-refractivity contribution in [3.05, 3.63) is 71.7 Å². The average molecular weight is 447 g/mol. The number of aromatic nitrogens is 2. The SMILES string of the molecule is O=C(NCc1ccn2ccnc2c1)c1ccc(C2CCN(C(=O)C3CCOCC3)CC2)cc1. The van der Waals surface area contributed by atoms with Crippen molar-refractivity contribution >= 4 is 17.5 Å². The number of imidazole rings is 1. The number of nitrogens with zero attached hydrogens (tertiary/aromatic N) is 3. The van der Waals surface area contributed by atoms with E-state index in [1.54, 1.807) is 6.20 Å². The second kappa shape index (κ2) is 9.75. The summed E-state index contributed by atoms with van der Waals surface area (Å²) in [4.78, 5) is 31.7. The van der Waals surface area contributed by atoms with Crippen molar-refractivity contribution in [2.45, 2.75) is 38.1 Å². The standard InChI is InChI=1S/C26H30N4O3/c31-25(28-18-19-5-11-29-14-10-27-24(29)17-19)22-3-1-20(2-4-22)21-6-12-30(13-7-21)26(32)23-8-15-33-16-9-23/h1-5,10-11,14,17,21,23H,6-9,12-13,15-16,18H2,(H,28,31). The lowest BCUT2D eigenvalue weighted by Crippen LogP contribution is -2.42. The average Bonchev–Trinajstić information content (AvgIpc) is 3.35. The van der Waals surface area contributed by atoms with Gasteiger partial charge in [-0.15, -0.1) is 0 Å². The monoisotopic (exact) mass is 446 g/mol. The van der Waals surface area contributed by atoms with Crippen LogP contribution in [-0.4, -0.2) is 52.4 Å². The Morgan fingerprint density at radius 1 is 1.00 bits per heavy atom. The number of amides is 2. The van der Waals surface area contributed by atoms with Gasteiger partial charge in [0.2, 0.25) is 5.91 Å². The molecule has 33 heavy (non-hydrogen) atoms. The number of carbonyl (C=O) groups excluding carboxylic acids is 2. The Morgan fingerprint density at radius 3 is 2.52 bits per heavy atom. The Kier molecular flexibility index (Phi) is 6.39. The van der Waals surface area contributed by atoms with Crippen LogP contribution in [0.5, 0.6) is 0 Å². The van der Waals surface area contributed by atoms with Crippen LogP contribution in [0.25, 0.3) is 5.65 Å². The second-order valence-corrected chi connectivity index (χ2v) is 9.02. The van der Waals surface area contributed by atoms with Crippen molar-refractivity contribution < 1.29 is 14.3 Å². The van der Waals surface area contributed by atoms with Crippen LogP contribution in [0.3, 0.4) is 0 Å². The first-order valence-corrected chi connectivity index (χ1v) is 11.8. The van der Waals surface area contributed by atoms with Crippen LogP contribution in [0.2, 0.25) is 0 Å². The zero-order chi connectivity index (χ0) is 22.6. The minimum atomic E-state index is -0.0818. The summed E-state index contributed by atoms with van der Waals surface area (Å²) in [6, 6.07) is 11.9. The summed E-state index contributed by atoms with van der Waals surface area (Å²) < 4.78 is 7.33. The molecule has 4 heterocycles. The van der Waals surface area contributed by atoms with Crippen LogP contribution in [-0.2, 0) is 16.1 Å². The molecule has 0 aliphatic carbocycles. The van der Waals surface area contributed by atoms with Gasteiger partial charge in [0.1, 0.15) is 5.65 Å². The molecule has 7 nitrogen and oxygen atoms in total. The lowest BCUT2D eigenvalue weighted by molar-refractivity contribution is -0.139. The molecule has 0 atom stereocenters. The van der Waals surface area contributed by atoms with E-state index in [4.69, 9.17) is 4.74 Å². The van der Waals surface area contributed by atoms with Crippen molar-refractivity contribution in [1.82, 2.24) is 19.6 Å². The molecule has 5 rings (SSSR count). The van der Waals surface area contributed by atoms with E-state index in [2.05, 4.69) is 22.4 Å². The van der Waals surface area contributed by atoms with Gasteiger partial charge in [-0.3, -0.25) is 9.59 Å². The van der Waals surface area contributed by atoms with E-state index in [-0.39, 0.29) is 11.8 Å². The minimum absolute atomic E-state index is 0.0818. The van der Waals surface area contributed by atoms with Crippen molar-refractivity contribution in [1.29, 1.82) is 0 Å². The Balaban J connectivity index is 1.12. The fourth-order valence-electron chi connectivity index (χ4n) is 4.89. The molecule has 0 radical (unpaired) electrons. The second-order valence-electron chi connectivity index (χ2n) is 9.02. The highest BCUT2D eigenvalue weighted by Gasteiger charge is 2.29. The number of benzene rings is 1. The number of hydrogen-bond acceptors (Lipinski definition) is 4. The van der Waals surface area contributed by atoms with Gasteiger partial charge in [0, 0.05) is 62.9 Å². The summed E-state index contributed by atoms with van der Waals surface area (Å²) in [5.74, 6) is 0.786. The smallest absolute Gasteiger partial charge is 0.251 e. The van der Waals surface area contributed by atoms with E-state index in [0.717, 1.165) is 50.0 Å². The molecule has 1 aromatic carbocycles. The van der Waals surface area contributed by atoms with Gasteiger partial charge < -0.3 is 19.4 Å². The maximum absolute atomic E-state index is 12.8. The van der Waals surface area contributed by atoms with Gasteiger partial charge in [0.15, 0.2) is 0 Å². The van der Waals surface area contributed by atoms with Gasteiger partial charge in [0.05, 0.1) is 0 Å². The maximum atomic E-state index is 12.8. The Hall–Kier alpha value is -3.19. The van der Waals surface area contributed by atoms with E-state index >= 15 is 0 Å². The van der Waals surface area contributed by atoms with Crippen LogP contribution < -0.4 is 5.32 Å². The Bertz CT molecular complexity index is 1110. The predicted molar refractivity (Wildman–Crippen MR) is 125 cm³/mol. The molecule has 2 fully saturated rings. The first kappa shape index (κ1) is 21.6. The third-order valence-corrected chi connectivity index (χ3v) is 6.94. The van der Waals surface area contributed by atoms with E-state index in [1.807, 2.05) is 46.0 Å². The number of hydrogen-bond donors (Lipinski definition) is 1. The largest absolute Gasteiger partial charge is 0.381 e. The van der Waals surface area contributed by atoms with Crippen LogP contribution in [0.4, 0.5) is 0 Å². The first-order chi connectivity index (χ1) is 16.2. The molecule has 1 N–H and O–H groups in total. The number of fused-ring (bicyclic) bond motifs is 1. The lowest BCUT2D eigenvalue weighted by Gasteiger charge is -2.35. The van der Waals surface area contributed by atoms with Gasteiger partial charge in [-0.2, -0.15) is 0 Å². The number of nitrogens with one attached hydrogen (secondary N) is 1. The summed E-state index contributed by atoms with van der Waals surface area (Å²) in [7, 11) is 0. The highest BCUT2D eigenvalue weighted by atomic mass is 16.5. The molecule has 0 bridgehead atoms. The summed E-state index contributed by atoms with van der Waals surface area (Å²) in [6.45, 7) is 3.48. The molecule has 2 aliphatic heterocycles. The van der Waals surface area contributed by atoms with Gasteiger partial charge >= 0.3 is 0 Å². The number of pyridine rings is 1. The summed E-state index contributed by atoms with van der Waals surface area (Å²) >= 11 is 0. The summed E-state index contributed by atoms with van der Waals surface area (Å²) in [5, 5.41) is 2.99. The van der Waals surface area contributed by atoms with Gasteiger partial charge in [0.25, 0.3) is 5.91 Å². The summed E-state index contributed by atoms with van der Waals surface area (Å²) in [5.41, 5.74) is 3.79. The molecule has 2 aliphatic rings.